The molecule has 1 aliphatic carbocycles. The molecule has 2 N–H and O–H groups in total. The first kappa shape index (κ1) is 23.7. The predicted octanol–water partition coefficient (Wildman–Crippen LogP) is 5.42. The zero-order valence-corrected chi connectivity index (χ0v) is 19.7. The van der Waals surface area contributed by atoms with Crippen LogP contribution in [0, 0.1) is 11.6 Å². The average Bonchev–Trinajstić information content (AvgIpc) is 2.82. The van der Waals surface area contributed by atoms with E-state index in [1.54, 1.807) is 6.92 Å². The van der Waals surface area contributed by atoms with Gasteiger partial charge in [0, 0.05) is 53.7 Å². The lowest BCUT2D eigenvalue weighted by Gasteiger charge is -2.34. The minimum atomic E-state index is -0.857. The third-order valence-corrected chi connectivity index (χ3v) is 6.58. The van der Waals surface area contributed by atoms with Crippen LogP contribution in [0.15, 0.2) is 65.0 Å². The first-order chi connectivity index (χ1) is 16.3. The fourth-order valence-corrected chi connectivity index (χ4v) is 4.88. The van der Waals surface area contributed by atoms with Gasteiger partial charge in [-0.3, -0.25) is 9.59 Å². The van der Waals surface area contributed by atoms with Crippen LogP contribution in [0.2, 0.25) is 0 Å². The molecule has 0 fully saturated rings. The number of nitrogens with one attached hydrogen (secondary N) is 2. The quantitative estimate of drug-likeness (QED) is 0.598. The van der Waals surface area contributed by atoms with Gasteiger partial charge in [0.25, 0.3) is 5.91 Å². The number of carbonyl (C=O) groups is 2. The first-order valence-electron chi connectivity index (χ1n) is 11.7. The number of dihydropyridines is 1. The second-order valence-corrected chi connectivity index (χ2v) is 8.58. The van der Waals surface area contributed by atoms with E-state index >= 15 is 0 Å². The molecule has 178 valence electrons. The van der Waals surface area contributed by atoms with Crippen LogP contribution in [0.5, 0.6) is 0 Å². The Labute approximate surface area is 198 Å². The van der Waals surface area contributed by atoms with Gasteiger partial charge in [-0.1, -0.05) is 18.2 Å². The van der Waals surface area contributed by atoms with Gasteiger partial charge in [-0.2, -0.15) is 0 Å². The molecule has 4 rings (SSSR count). The molecule has 1 heterocycles. The summed E-state index contributed by atoms with van der Waals surface area (Å²) in [4.78, 5) is 28.7. The molecule has 1 atom stereocenters. The van der Waals surface area contributed by atoms with Crippen molar-refractivity contribution in [2.75, 3.05) is 23.3 Å². The molecule has 0 saturated heterocycles. The number of anilines is 2. The van der Waals surface area contributed by atoms with Gasteiger partial charge >= 0.3 is 0 Å². The van der Waals surface area contributed by atoms with Gasteiger partial charge in [0.05, 0.1) is 0 Å². The Bertz CT molecular complexity index is 1160. The van der Waals surface area contributed by atoms with Crippen LogP contribution in [0.3, 0.4) is 0 Å². The van der Waals surface area contributed by atoms with E-state index in [-0.39, 0.29) is 11.4 Å². The smallest absolute Gasteiger partial charge is 0.254 e. The predicted molar refractivity (Wildman–Crippen MR) is 129 cm³/mol. The van der Waals surface area contributed by atoms with Crippen LogP contribution in [0.25, 0.3) is 0 Å². The number of rotatable bonds is 6. The average molecular weight is 466 g/mol. The number of para-hydroxylation sites is 1. The normalized spacial score (nSPS) is 17.9. The van der Waals surface area contributed by atoms with E-state index in [0.29, 0.717) is 24.1 Å². The summed E-state index contributed by atoms with van der Waals surface area (Å²) in [7, 11) is 0. The van der Waals surface area contributed by atoms with Gasteiger partial charge in [-0.05, 0) is 63.4 Å². The Kier molecular flexibility index (Phi) is 6.82. The summed E-state index contributed by atoms with van der Waals surface area (Å²) in [6, 6.07) is 11.3. The number of benzene rings is 2. The number of halogens is 2. The highest BCUT2D eigenvalue weighted by Gasteiger charge is 2.38. The van der Waals surface area contributed by atoms with Crippen LogP contribution in [0.4, 0.5) is 20.2 Å². The van der Waals surface area contributed by atoms with E-state index in [4.69, 9.17) is 0 Å². The molecule has 34 heavy (non-hydrogen) atoms. The van der Waals surface area contributed by atoms with Crippen molar-refractivity contribution in [2.24, 2.45) is 0 Å². The monoisotopic (exact) mass is 465 g/mol. The fourth-order valence-electron chi connectivity index (χ4n) is 4.88. The molecule has 0 saturated carbocycles. The van der Waals surface area contributed by atoms with Crippen LogP contribution in [-0.4, -0.2) is 24.8 Å². The summed E-state index contributed by atoms with van der Waals surface area (Å²) in [5.41, 5.74) is 3.57. The molecule has 2 aromatic carbocycles. The van der Waals surface area contributed by atoms with Crippen LogP contribution < -0.4 is 15.5 Å². The van der Waals surface area contributed by atoms with Gasteiger partial charge < -0.3 is 15.5 Å². The molecular formula is C27H29F2N3O2. The lowest BCUT2D eigenvalue weighted by Crippen LogP contribution is -2.35. The Morgan fingerprint density at radius 2 is 1.71 bits per heavy atom. The maximum Gasteiger partial charge on any atom is 0.254 e. The van der Waals surface area contributed by atoms with Crippen molar-refractivity contribution in [2.45, 2.75) is 46.0 Å². The third-order valence-electron chi connectivity index (χ3n) is 6.58. The van der Waals surface area contributed by atoms with E-state index in [0.717, 1.165) is 48.6 Å². The molecule has 1 unspecified atom stereocenters. The van der Waals surface area contributed by atoms with E-state index in [1.165, 1.54) is 6.07 Å². The Morgan fingerprint density at radius 3 is 2.32 bits per heavy atom. The highest BCUT2D eigenvalue weighted by molar-refractivity contribution is 6.09. The summed E-state index contributed by atoms with van der Waals surface area (Å²) < 4.78 is 28.5. The van der Waals surface area contributed by atoms with Gasteiger partial charge in [0.2, 0.25) is 0 Å². The van der Waals surface area contributed by atoms with Crippen molar-refractivity contribution in [1.82, 2.24) is 5.32 Å². The van der Waals surface area contributed by atoms with Crippen molar-refractivity contribution < 1.29 is 18.4 Å². The molecule has 0 bridgehead atoms. The summed E-state index contributed by atoms with van der Waals surface area (Å²) in [6.45, 7) is 7.64. The van der Waals surface area contributed by atoms with Crippen molar-refractivity contribution in [1.29, 1.82) is 0 Å². The Balaban J connectivity index is 1.78. The molecule has 1 amide bonds. The molecule has 1 aliphatic heterocycles. The summed E-state index contributed by atoms with van der Waals surface area (Å²) >= 11 is 0. The molecule has 0 radical (unpaired) electrons. The zero-order chi connectivity index (χ0) is 24.4. The van der Waals surface area contributed by atoms with Crippen molar-refractivity contribution in [3.8, 4) is 0 Å². The minimum Gasteiger partial charge on any atom is -0.372 e. The van der Waals surface area contributed by atoms with E-state index in [2.05, 4.69) is 29.4 Å². The topological polar surface area (TPSA) is 61.4 Å². The SMILES string of the molecule is CCN(CC)c1ccc(C2C(C(=O)Nc3c(F)cccc3F)=C(C)NC3=C2C(=O)CCC3)cc1. The van der Waals surface area contributed by atoms with E-state index < -0.39 is 29.1 Å². The van der Waals surface area contributed by atoms with Gasteiger partial charge in [-0.25, -0.2) is 8.78 Å². The van der Waals surface area contributed by atoms with Crippen molar-refractivity contribution >= 4 is 23.1 Å². The molecule has 2 aliphatic rings. The molecule has 5 nitrogen and oxygen atoms in total. The number of nitrogens with zero attached hydrogens (tertiary/aromatic N) is 1. The van der Waals surface area contributed by atoms with Gasteiger partial charge in [-0.15, -0.1) is 0 Å². The van der Waals surface area contributed by atoms with E-state index in [9.17, 15) is 18.4 Å². The van der Waals surface area contributed by atoms with Crippen molar-refractivity contribution in [3.05, 3.63) is 82.2 Å². The second-order valence-electron chi connectivity index (χ2n) is 8.58. The molecule has 7 heteroatoms. The zero-order valence-electron chi connectivity index (χ0n) is 19.7. The Morgan fingerprint density at radius 1 is 1.06 bits per heavy atom. The van der Waals surface area contributed by atoms with Gasteiger partial charge in [0.15, 0.2) is 5.78 Å². The lowest BCUT2D eigenvalue weighted by molar-refractivity contribution is -0.116. The van der Waals surface area contributed by atoms with Crippen LogP contribution in [0.1, 0.15) is 51.5 Å². The van der Waals surface area contributed by atoms with Crippen molar-refractivity contribution in [3.63, 3.8) is 0 Å². The number of ketones is 1. The number of Topliss-reactive ketones (excluding diaryl/α,β-unsaturated/α-hetero) is 1. The third kappa shape index (κ3) is 4.34. The maximum absolute atomic E-state index is 14.3. The number of allylic oxidation sites excluding steroid dienone is 3. The van der Waals surface area contributed by atoms with Gasteiger partial charge in [0.1, 0.15) is 17.3 Å². The maximum atomic E-state index is 14.3. The molecule has 2 aromatic rings. The van der Waals surface area contributed by atoms with E-state index in [1.807, 2.05) is 24.3 Å². The summed E-state index contributed by atoms with van der Waals surface area (Å²) in [5.74, 6) is -2.99. The molecule has 0 spiro atoms. The number of hydrogen-bond acceptors (Lipinski definition) is 4. The molecular weight excluding hydrogens is 436 g/mol. The standard InChI is InChI=1S/C27H29F2N3O2/c1-4-32(5-2)18-14-12-17(13-15-18)24-23(16(3)30-21-10-7-11-22(33)25(21)24)27(34)31-26-19(28)8-6-9-20(26)29/h6,8-9,12-15,24,30H,4-5,7,10-11H2,1-3H3,(H,31,34). The Hall–Kier alpha value is -3.48. The molecule has 0 aromatic heterocycles. The van der Waals surface area contributed by atoms with Crippen LogP contribution >= 0.6 is 0 Å². The van der Waals surface area contributed by atoms with Crippen LogP contribution in [-0.2, 0) is 9.59 Å². The number of amides is 1. The summed E-state index contributed by atoms with van der Waals surface area (Å²) in [6.07, 6.45) is 1.86. The first-order valence-corrected chi connectivity index (χ1v) is 11.7. The second kappa shape index (κ2) is 9.79. The number of carbonyl (C=O) groups excluding carboxylic acids is 2. The minimum absolute atomic E-state index is 0.0126. The largest absolute Gasteiger partial charge is 0.372 e. The highest BCUT2D eigenvalue weighted by Crippen LogP contribution is 2.43. The fraction of sp³-hybridized carbons (Fsp3) is 0.333. The lowest BCUT2D eigenvalue weighted by atomic mass is 9.75. The highest BCUT2D eigenvalue weighted by atomic mass is 19.1. The summed E-state index contributed by atoms with van der Waals surface area (Å²) in [5, 5.41) is 5.63. The number of hydrogen-bond donors (Lipinski definition) is 2.